The van der Waals surface area contributed by atoms with E-state index >= 15 is 0 Å². The molecule has 2 rings (SSSR count). The van der Waals surface area contributed by atoms with Gasteiger partial charge in [0, 0.05) is 16.6 Å². The second kappa shape index (κ2) is 6.34. The van der Waals surface area contributed by atoms with Crippen LogP contribution in [0, 0.1) is 0 Å². The third kappa shape index (κ3) is 4.78. The van der Waals surface area contributed by atoms with Crippen molar-refractivity contribution in [2.45, 2.75) is 38.3 Å². The van der Waals surface area contributed by atoms with E-state index in [4.69, 9.17) is 0 Å². The molecule has 1 amide bonds. The second-order valence-electron chi connectivity index (χ2n) is 4.95. The minimum Gasteiger partial charge on any atom is -0.352 e. The molecule has 2 N–H and O–H groups in total. The highest BCUT2D eigenvalue weighted by atomic mass is 79.9. The van der Waals surface area contributed by atoms with Crippen LogP contribution < -0.4 is 10.6 Å². The Kier molecular flexibility index (Phi) is 4.78. The average molecular weight is 311 g/mol. The maximum atomic E-state index is 11.5. The molecule has 1 fully saturated rings. The van der Waals surface area contributed by atoms with E-state index in [1.165, 1.54) is 5.56 Å². The van der Waals surface area contributed by atoms with Gasteiger partial charge < -0.3 is 10.6 Å². The molecule has 1 aliphatic rings. The first-order valence-electron chi connectivity index (χ1n) is 6.40. The Morgan fingerprint density at radius 1 is 1.39 bits per heavy atom. The fourth-order valence-electron chi connectivity index (χ4n) is 1.82. The minimum atomic E-state index is 0.111. The van der Waals surface area contributed by atoms with E-state index in [9.17, 15) is 4.79 Å². The van der Waals surface area contributed by atoms with Crippen molar-refractivity contribution in [1.29, 1.82) is 0 Å². The van der Waals surface area contributed by atoms with Crippen LogP contribution in [0.4, 0.5) is 0 Å². The Labute approximate surface area is 116 Å². The van der Waals surface area contributed by atoms with Crippen molar-refractivity contribution in [1.82, 2.24) is 10.6 Å². The van der Waals surface area contributed by atoms with Crippen molar-refractivity contribution in [2.75, 3.05) is 6.54 Å². The largest absolute Gasteiger partial charge is 0.352 e. The Balaban J connectivity index is 1.69. The van der Waals surface area contributed by atoms with Gasteiger partial charge in [0.2, 0.25) is 5.91 Å². The van der Waals surface area contributed by atoms with Crippen molar-refractivity contribution >= 4 is 21.8 Å². The molecule has 4 heteroatoms. The van der Waals surface area contributed by atoms with Gasteiger partial charge in [-0.15, -0.1) is 0 Å². The first kappa shape index (κ1) is 13.6. The average Bonchev–Trinajstić information content (AvgIpc) is 3.13. The molecule has 0 saturated heterocycles. The van der Waals surface area contributed by atoms with Crippen LogP contribution in [0.1, 0.15) is 25.3 Å². The molecule has 1 atom stereocenters. The van der Waals surface area contributed by atoms with E-state index in [2.05, 4.69) is 45.6 Å². The summed E-state index contributed by atoms with van der Waals surface area (Å²) in [4.78, 5) is 11.5. The third-order valence-electron chi connectivity index (χ3n) is 3.01. The molecular formula is C14H19BrN2O. The van der Waals surface area contributed by atoms with Crippen molar-refractivity contribution in [2.24, 2.45) is 0 Å². The zero-order valence-corrected chi connectivity index (χ0v) is 12.2. The van der Waals surface area contributed by atoms with E-state index in [1.54, 1.807) is 0 Å². The number of rotatable bonds is 6. The molecule has 0 aromatic heterocycles. The van der Waals surface area contributed by atoms with Gasteiger partial charge in [-0.05, 0) is 43.9 Å². The number of carbonyl (C=O) groups is 1. The number of benzene rings is 1. The molecule has 18 heavy (non-hydrogen) atoms. The van der Waals surface area contributed by atoms with Crippen LogP contribution in [-0.2, 0) is 11.2 Å². The van der Waals surface area contributed by atoms with Gasteiger partial charge in [-0.1, -0.05) is 28.1 Å². The molecule has 1 unspecified atom stereocenters. The summed E-state index contributed by atoms with van der Waals surface area (Å²) in [5, 5.41) is 6.23. The number of carbonyl (C=O) groups excluding carboxylic acids is 1. The Bertz CT molecular complexity index is 401. The zero-order valence-electron chi connectivity index (χ0n) is 10.6. The number of hydrogen-bond donors (Lipinski definition) is 2. The fourth-order valence-corrected chi connectivity index (χ4v) is 2.08. The van der Waals surface area contributed by atoms with E-state index in [1.807, 2.05) is 12.1 Å². The highest BCUT2D eigenvalue weighted by Gasteiger charge is 2.22. The van der Waals surface area contributed by atoms with Crippen LogP contribution in [0.15, 0.2) is 28.7 Å². The van der Waals surface area contributed by atoms with Crippen molar-refractivity contribution in [3.8, 4) is 0 Å². The number of halogens is 1. The maximum absolute atomic E-state index is 11.5. The molecule has 0 bridgehead atoms. The summed E-state index contributed by atoms with van der Waals surface area (Å²) in [5.74, 6) is 0.111. The lowest BCUT2D eigenvalue weighted by Gasteiger charge is -2.13. The molecule has 1 saturated carbocycles. The summed E-state index contributed by atoms with van der Waals surface area (Å²) in [5.41, 5.74) is 1.28. The van der Waals surface area contributed by atoms with Gasteiger partial charge in [0.1, 0.15) is 0 Å². The summed E-state index contributed by atoms with van der Waals surface area (Å²) < 4.78 is 1.09. The second-order valence-corrected chi connectivity index (χ2v) is 5.87. The molecule has 1 aliphatic carbocycles. The Hall–Kier alpha value is -0.870. The lowest BCUT2D eigenvalue weighted by Crippen LogP contribution is -2.39. The molecule has 3 nitrogen and oxygen atoms in total. The summed E-state index contributed by atoms with van der Waals surface area (Å²) in [6.07, 6.45) is 3.21. The first-order chi connectivity index (χ1) is 8.63. The van der Waals surface area contributed by atoms with Crippen LogP contribution in [0.3, 0.4) is 0 Å². The summed E-state index contributed by atoms with van der Waals surface area (Å²) in [6.45, 7) is 2.51. The van der Waals surface area contributed by atoms with Gasteiger partial charge >= 0.3 is 0 Å². The van der Waals surface area contributed by atoms with Crippen LogP contribution in [0.5, 0.6) is 0 Å². The smallest absolute Gasteiger partial charge is 0.234 e. The number of amides is 1. The Morgan fingerprint density at radius 2 is 2.06 bits per heavy atom. The standard InChI is InChI=1S/C14H19BrN2O/c1-10(8-11-2-4-12(15)5-3-11)16-9-14(18)17-13-6-7-13/h2-5,10,13,16H,6-9H2,1H3,(H,17,18). The van der Waals surface area contributed by atoms with Gasteiger partial charge in [-0.2, -0.15) is 0 Å². The van der Waals surface area contributed by atoms with E-state index < -0.39 is 0 Å². The lowest BCUT2D eigenvalue weighted by molar-refractivity contribution is -0.120. The van der Waals surface area contributed by atoms with Crippen LogP contribution in [0.2, 0.25) is 0 Å². The minimum absolute atomic E-state index is 0.111. The van der Waals surface area contributed by atoms with Gasteiger partial charge in [0.15, 0.2) is 0 Å². The molecule has 98 valence electrons. The van der Waals surface area contributed by atoms with E-state index in [0.717, 1.165) is 23.7 Å². The van der Waals surface area contributed by atoms with Crippen LogP contribution in [-0.4, -0.2) is 24.5 Å². The number of nitrogens with one attached hydrogen (secondary N) is 2. The summed E-state index contributed by atoms with van der Waals surface area (Å²) in [7, 11) is 0. The highest BCUT2D eigenvalue weighted by molar-refractivity contribution is 9.10. The molecule has 1 aromatic rings. The fraction of sp³-hybridized carbons (Fsp3) is 0.500. The quantitative estimate of drug-likeness (QED) is 0.846. The molecule has 1 aromatic carbocycles. The third-order valence-corrected chi connectivity index (χ3v) is 3.54. The monoisotopic (exact) mass is 310 g/mol. The lowest BCUT2D eigenvalue weighted by atomic mass is 10.1. The van der Waals surface area contributed by atoms with Gasteiger partial charge in [0.05, 0.1) is 6.54 Å². The molecule has 0 heterocycles. The van der Waals surface area contributed by atoms with Crippen LogP contribution >= 0.6 is 15.9 Å². The summed E-state index contributed by atoms with van der Waals surface area (Å²) in [6, 6.07) is 9.04. The molecular weight excluding hydrogens is 292 g/mol. The molecule has 0 aliphatic heterocycles. The summed E-state index contributed by atoms with van der Waals surface area (Å²) >= 11 is 3.42. The predicted molar refractivity (Wildman–Crippen MR) is 76.5 cm³/mol. The predicted octanol–water partition coefficient (Wildman–Crippen LogP) is 2.25. The van der Waals surface area contributed by atoms with E-state index in [0.29, 0.717) is 18.6 Å². The van der Waals surface area contributed by atoms with Crippen molar-refractivity contribution in [3.05, 3.63) is 34.3 Å². The number of hydrogen-bond acceptors (Lipinski definition) is 2. The SMILES string of the molecule is CC(Cc1ccc(Br)cc1)NCC(=O)NC1CC1. The van der Waals surface area contributed by atoms with Gasteiger partial charge in [-0.25, -0.2) is 0 Å². The van der Waals surface area contributed by atoms with Crippen molar-refractivity contribution < 1.29 is 4.79 Å². The zero-order chi connectivity index (χ0) is 13.0. The molecule has 0 radical (unpaired) electrons. The first-order valence-corrected chi connectivity index (χ1v) is 7.20. The topological polar surface area (TPSA) is 41.1 Å². The normalized spacial score (nSPS) is 16.3. The maximum Gasteiger partial charge on any atom is 0.234 e. The van der Waals surface area contributed by atoms with Gasteiger partial charge in [-0.3, -0.25) is 4.79 Å². The highest BCUT2D eigenvalue weighted by Crippen LogP contribution is 2.18. The van der Waals surface area contributed by atoms with Crippen LogP contribution in [0.25, 0.3) is 0 Å². The van der Waals surface area contributed by atoms with Gasteiger partial charge in [0.25, 0.3) is 0 Å². The Morgan fingerprint density at radius 3 is 2.67 bits per heavy atom. The van der Waals surface area contributed by atoms with Crippen molar-refractivity contribution in [3.63, 3.8) is 0 Å². The van der Waals surface area contributed by atoms with E-state index in [-0.39, 0.29) is 5.91 Å². The molecule has 0 spiro atoms.